The zero-order valence-electron chi connectivity index (χ0n) is 15.3. The number of likely N-dealkylation sites (tertiary alicyclic amines) is 1. The van der Waals surface area contributed by atoms with E-state index in [0.29, 0.717) is 13.0 Å². The highest BCUT2D eigenvalue weighted by molar-refractivity contribution is 5.76. The number of amides is 1. The van der Waals surface area contributed by atoms with Crippen LogP contribution in [0.15, 0.2) is 29.2 Å². The number of nitrogens with one attached hydrogen (secondary N) is 1. The maximum atomic E-state index is 12.6. The van der Waals surface area contributed by atoms with Gasteiger partial charge in [-0.1, -0.05) is 0 Å². The molecule has 2 aliphatic rings. The SMILES string of the molecule is Cc1cc(=O)n2c(n1)CCC1(CCN(C(=O)CCc3ccc[nH]3)C1)CC2. The van der Waals surface area contributed by atoms with Gasteiger partial charge in [-0.05, 0) is 50.2 Å². The topological polar surface area (TPSA) is 71.0 Å². The lowest BCUT2D eigenvalue weighted by molar-refractivity contribution is -0.130. The van der Waals surface area contributed by atoms with Crippen molar-refractivity contribution >= 4 is 5.91 Å². The van der Waals surface area contributed by atoms with E-state index in [1.807, 2.05) is 34.7 Å². The Hall–Kier alpha value is -2.37. The predicted molar refractivity (Wildman–Crippen MR) is 98.9 cm³/mol. The van der Waals surface area contributed by atoms with Gasteiger partial charge in [0.2, 0.25) is 5.91 Å². The van der Waals surface area contributed by atoms with Crippen LogP contribution in [0.5, 0.6) is 0 Å². The molecule has 1 N–H and O–H groups in total. The van der Waals surface area contributed by atoms with Crippen molar-refractivity contribution in [2.45, 2.75) is 52.0 Å². The van der Waals surface area contributed by atoms with Gasteiger partial charge in [-0.3, -0.25) is 14.2 Å². The summed E-state index contributed by atoms with van der Waals surface area (Å²) in [6, 6.07) is 5.60. The maximum absolute atomic E-state index is 12.6. The van der Waals surface area contributed by atoms with Crippen LogP contribution in [-0.4, -0.2) is 38.4 Å². The van der Waals surface area contributed by atoms with E-state index in [2.05, 4.69) is 9.97 Å². The van der Waals surface area contributed by atoms with Crippen LogP contribution in [0.4, 0.5) is 0 Å². The van der Waals surface area contributed by atoms with Crippen molar-refractivity contribution < 1.29 is 4.79 Å². The van der Waals surface area contributed by atoms with E-state index in [9.17, 15) is 9.59 Å². The molecule has 0 aromatic carbocycles. The van der Waals surface area contributed by atoms with Gasteiger partial charge in [-0.15, -0.1) is 0 Å². The van der Waals surface area contributed by atoms with Gasteiger partial charge in [0.15, 0.2) is 0 Å². The van der Waals surface area contributed by atoms with Gasteiger partial charge >= 0.3 is 0 Å². The average Bonchev–Trinajstić information content (AvgIpc) is 3.23. The molecular weight excluding hydrogens is 328 g/mol. The van der Waals surface area contributed by atoms with Crippen molar-refractivity contribution in [3.63, 3.8) is 0 Å². The first kappa shape index (κ1) is 17.1. The summed E-state index contributed by atoms with van der Waals surface area (Å²) in [5.74, 6) is 1.15. The number of fused-ring (bicyclic) bond motifs is 1. The monoisotopic (exact) mass is 354 g/mol. The Bertz CT molecular complexity index is 855. The Labute approximate surface area is 153 Å². The Morgan fingerprint density at radius 1 is 1.31 bits per heavy atom. The molecule has 0 bridgehead atoms. The molecule has 6 nitrogen and oxygen atoms in total. The van der Waals surface area contributed by atoms with Crippen LogP contribution in [0.1, 0.15) is 42.9 Å². The molecule has 6 heteroatoms. The minimum absolute atomic E-state index is 0.0569. The third kappa shape index (κ3) is 3.32. The van der Waals surface area contributed by atoms with E-state index in [0.717, 1.165) is 62.4 Å². The van der Waals surface area contributed by atoms with E-state index in [4.69, 9.17) is 0 Å². The molecule has 2 aromatic rings. The number of aryl methyl sites for hydroxylation is 3. The fraction of sp³-hybridized carbons (Fsp3) is 0.550. The Kier molecular flexibility index (Phi) is 4.42. The third-order valence-corrected chi connectivity index (χ3v) is 6.02. The van der Waals surface area contributed by atoms with Crippen molar-refractivity contribution in [3.05, 3.63) is 52.0 Å². The fourth-order valence-electron chi connectivity index (χ4n) is 4.44. The molecule has 26 heavy (non-hydrogen) atoms. The summed E-state index contributed by atoms with van der Waals surface area (Å²) in [5, 5.41) is 0. The Morgan fingerprint density at radius 2 is 2.15 bits per heavy atom. The van der Waals surface area contributed by atoms with Crippen molar-refractivity contribution in [1.29, 1.82) is 0 Å². The van der Waals surface area contributed by atoms with Crippen LogP contribution in [0.25, 0.3) is 0 Å². The van der Waals surface area contributed by atoms with Gasteiger partial charge in [0.1, 0.15) is 5.82 Å². The van der Waals surface area contributed by atoms with Gasteiger partial charge in [0.05, 0.1) is 0 Å². The molecule has 1 atom stereocenters. The van der Waals surface area contributed by atoms with Crippen molar-refractivity contribution in [2.24, 2.45) is 5.41 Å². The molecule has 0 radical (unpaired) electrons. The summed E-state index contributed by atoms with van der Waals surface area (Å²) in [6.45, 7) is 4.24. The van der Waals surface area contributed by atoms with Crippen molar-refractivity contribution in [1.82, 2.24) is 19.4 Å². The number of rotatable bonds is 3. The second kappa shape index (κ2) is 6.74. The summed E-state index contributed by atoms with van der Waals surface area (Å²) in [5.41, 5.74) is 2.10. The molecule has 1 unspecified atom stereocenters. The van der Waals surface area contributed by atoms with Crippen LogP contribution in [0.2, 0.25) is 0 Å². The summed E-state index contributed by atoms with van der Waals surface area (Å²) >= 11 is 0. The zero-order chi connectivity index (χ0) is 18.1. The van der Waals surface area contributed by atoms with Gasteiger partial charge in [0.25, 0.3) is 5.56 Å². The smallest absolute Gasteiger partial charge is 0.253 e. The predicted octanol–water partition coefficient (Wildman–Crippen LogP) is 2.07. The summed E-state index contributed by atoms with van der Waals surface area (Å²) < 4.78 is 1.83. The number of nitrogens with zero attached hydrogens (tertiary/aromatic N) is 3. The van der Waals surface area contributed by atoms with E-state index in [-0.39, 0.29) is 16.9 Å². The van der Waals surface area contributed by atoms with E-state index in [1.54, 1.807) is 6.07 Å². The highest BCUT2D eigenvalue weighted by atomic mass is 16.2. The van der Waals surface area contributed by atoms with Crippen LogP contribution in [0, 0.1) is 12.3 Å². The molecule has 1 amide bonds. The molecule has 138 valence electrons. The highest BCUT2D eigenvalue weighted by Gasteiger charge is 2.40. The summed E-state index contributed by atoms with van der Waals surface area (Å²) in [6.07, 6.45) is 7.01. The molecule has 0 aliphatic carbocycles. The number of carbonyl (C=O) groups excluding carboxylic acids is 1. The number of hydrogen-bond donors (Lipinski definition) is 1. The lowest BCUT2D eigenvalue weighted by atomic mass is 9.80. The standard InChI is InChI=1S/C20H26N4O2/c1-15-13-19(26)24-12-9-20(7-6-17(24)22-15)8-11-23(14-20)18(25)5-4-16-3-2-10-21-16/h2-3,10,13,21H,4-9,11-12,14H2,1H3. The number of hydrogen-bond acceptors (Lipinski definition) is 3. The largest absolute Gasteiger partial charge is 0.365 e. The quantitative estimate of drug-likeness (QED) is 0.917. The second-order valence-electron chi connectivity index (χ2n) is 7.81. The first-order valence-electron chi connectivity index (χ1n) is 9.52. The highest BCUT2D eigenvalue weighted by Crippen LogP contribution is 2.40. The summed E-state index contributed by atoms with van der Waals surface area (Å²) in [4.78, 5) is 34.6. The molecule has 1 spiro atoms. The number of carbonyl (C=O) groups is 1. The zero-order valence-corrected chi connectivity index (χ0v) is 15.3. The lowest BCUT2D eigenvalue weighted by Crippen LogP contribution is -2.33. The Morgan fingerprint density at radius 3 is 2.96 bits per heavy atom. The lowest BCUT2D eigenvalue weighted by Gasteiger charge is -2.27. The van der Waals surface area contributed by atoms with E-state index in [1.165, 1.54) is 0 Å². The molecule has 0 saturated carbocycles. The minimum atomic E-state index is 0.0569. The molecule has 1 saturated heterocycles. The van der Waals surface area contributed by atoms with Gasteiger partial charge in [-0.25, -0.2) is 4.98 Å². The normalized spacial score (nSPS) is 22.4. The van der Waals surface area contributed by atoms with Crippen molar-refractivity contribution in [2.75, 3.05) is 13.1 Å². The number of aromatic amines is 1. The second-order valence-corrected chi connectivity index (χ2v) is 7.81. The van der Waals surface area contributed by atoms with Crippen LogP contribution in [-0.2, 0) is 24.2 Å². The molecule has 4 heterocycles. The first-order valence-corrected chi connectivity index (χ1v) is 9.52. The number of H-pyrrole nitrogens is 1. The molecule has 1 fully saturated rings. The molecule has 2 aliphatic heterocycles. The maximum Gasteiger partial charge on any atom is 0.253 e. The molecular formula is C20H26N4O2. The van der Waals surface area contributed by atoms with Gasteiger partial charge in [0, 0.05) is 56.1 Å². The molecule has 4 rings (SSSR count). The van der Waals surface area contributed by atoms with E-state index >= 15 is 0 Å². The van der Waals surface area contributed by atoms with Crippen LogP contribution >= 0.6 is 0 Å². The Balaban J connectivity index is 1.41. The number of aromatic nitrogens is 3. The first-order chi connectivity index (χ1) is 12.5. The van der Waals surface area contributed by atoms with Crippen LogP contribution < -0.4 is 5.56 Å². The van der Waals surface area contributed by atoms with E-state index < -0.39 is 0 Å². The van der Waals surface area contributed by atoms with Gasteiger partial charge in [-0.2, -0.15) is 0 Å². The minimum Gasteiger partial charge on any atom is -0.365 e. The van der Waals surface area contributed by atoms with Crippen molar-refractivity contribution in [3.8, 4) is 0 Å². The molecule has 2 aromatic heterocycles. The van der Waals surface area contributed by atoms with Gasteiger partial charge < -0.3 is 9.88 Å². The summed E-state index contributed by atoms with van der Waals surface area (Å²) in [7, 11) is 0. The fourth-order valence-corrected chi connectivity index (χ4v) is 4.44. The average molecular weight is 354 g/mol. The third-order valence-electron chi connectivity index (χ3n) is 6.02. The van der Waals surface area contributed by atoms with Crippen LogP contribution in [0.3, 0.4) is 0 Å².